The highest BCUT2D eigenvalue weighted by Crippen LogP contribution is 2.30. The number of esters is 1. The summed E-state index contributed by atoms with van der Waals surface area (Å²) < 4.78 is 5.45. The Morgan fingerprint density at radius 3 is 2.17 bits per heavy atom. The maximum atomic E-state index is 11.9. The number of aliphatic hydroxyl groups is 1. The zero-order valence-electron chi connectivity index (χ0n) is 16.9. The van der Waals surface area contributed by atoms with Crippen LogP contribution in [0, 0.1) is 6.92 Å². The predicted molar refractivity (Wildman–Crippen MR) is 117 cm³/mol. The highest BCUT2D eigenvalue weighted by atomic mass is 16.5. The molecule has 0 saturated carbocycles. The maximum absolute atomic E-state index is 11.9. The van der Waals surface area contributed by atoms with E-state index in [2.05, 4.69) is 68.1 Å². The van der Waals surface area contributed by atoms with E-state index >= 15 is 0 Å². The molecule has 3 rings (SSSR count). The molecule has 0 saturated heterocycles. The summed E-state index contributed by atoms with van der Waals surface area (Å²) in [6.45, 7) is 7.69. The van der Waals surface area contributed by atoms with Crippen molar-refractivity contribution in [2.45, 2.75) is 26.9 Å². The molecule has 0 radical (unpaired) electrons. The quantitative estimate of drug-likeness (QED) is 0.432. The number of benzene rings is 3. The number of rotatable bonds is 7. The van der Waals surface area contributed by atoms with Crippen molar-refractivity contribution in [3.63, 3.8) is 0 Å². The van der Waals surface area contributed by atoms with E-state index < -0.39 is 5.97 Å². The summed E-state index contributed by atoms with van der Waals surface area (Å²) in [6.07, 6.45) is 0.648. The number of hydrogen-bond acceptors (Lipinski definition) is 3. The molecule has 0 aliphatic carbocycles. The number of ether oxygens (including phenoxy) is 1. The van der Waals surface area contributed by atoms with Gasteiger partial charge in [-0.1, -0.05) is 72.8 Å². The van der Waals surface area contributed by atoms with Crippen LogP contribution in [0.25, 0.3) is 22.3 Å². The van der Waals surface area contributed by atoms with E-state index in [-0.39, 0.29) is 13.2 Å². The van der Waals surface area contributed by atoms with Gasteiger partial charge in [0.25, 0.3) is 0 Å². The van der Waals surface area contributed by atoms with Gasteiger partial charge in [0, 0.05) is 12.2 Å². The lowest BCUT2D eigenvalue weighted by molar-refractivity contribution is -0.140. The molecule has 0 heterocycles. The summed E-state index contributed by atoms with van der Waals surface area (Å²) in [5.41, 5.74) is 7.89. The van der Waals surface area contributed by atoms with Crippen LogP contribution in [-0.2, 0) is 22.6 Å². The molecule has 0 fully saturated rings. The number of aliphatic hydroxyl groups excluding tert-OH is 1. The molecule has 148 valence electrons. The van der Waals surface area contributed by atoms with Crippen molar-refractivity contribution in [1.82, 2.24) is 0 Å². The van der Waals surface area contributed by atoms with Crippen LogP contribution in [0.5, 0.6) is 0 Å². The van der Waals surface area contributed by atoms with Crippen LogP contribution in [0.2, 0.25) is 0 Å². The summed E-state index contributed by atoms with van der Waals surface area (Å²) in [5.74, 6) is -0.390. The molecule has 3 aromatic rings. The highest BCUT2D eigenvalue weighted by molar-refractivity contribution is 5.87. The van der Waals surface area contributed by atoms with E-state index in [4.69, 9.17) is 9.84 Å². The molecular formula is C26H26O3. The van der Waals surface area contributed by atoms with Gasteiger partial charge in [-0.05, 0) is 59.7 Å². The van der Waals surface area contributed by atoms with Crippen LogP contribution in [0.3, 0.4) is 0 Å². The first-order chi connectivity index (χ1) is 14.0. The molecule has 0 bridgehead atoms. The van der Waals surface area contributed by atoms with E-state index in [0.717, 1.165) is 33.4 Å². The van der Waals surface area contributed by atoms with Crippen LogP contribution < -0.4 is 0 Å². The van der Waals surface area contributed by atoms with Gasteiger partial charge in [0.15, 0.2) is 0 Å². The minimum Gasteiger partial charge on any atom is -0.457 e. The minimum atomic E-state index is -0.390. The second-order valence-electron chi connectivity index (χ2n) is 7.26. The molecular weight excluding hydrogens is 360 g/mol. The van der Waals surface area contributed by atoms with Crippen LogP contribution in [-0.4, -0.2) is 17.7 Å². The third-order valence-corrected chi connectivity index (χ3v) is 4.86. The smallest absolute Gasteiger partial charge is 0.333 e. The van der Waals surface area contributed by atoms with Gasteiger partial charge in [0.05, 0.1) is 0 Å². The number of hydrogen-bond donors (Lipinski definition) is 1. The Bertz CT molecular complexity index is 999. The monoisotopic (exact) mass is 386 g/mol. The van der Waals surface area contributed by atoms with Gasteiger partial charge in [-0.3, -0.25) is 0 Å². The molecule has 3 aromatic carbocycles. The van der Waals surface area contributed by atoms with Gasteiger partial charge in [-0.25, -0.2) is 4.79 Å². The second-order valence-corrected chi connectivity index (χ2v) is 7.26. The molecule has 3 nitrogen and oxygen atoms in total. The number of carbonyl (C=O) groups is 1. The molecule has 29 heavy (non-hydrogen) atoms. The third-order valence-electron chi connectivity index (χ3n) is 4.86. The third kappa shape index (κ3) is 5.21. The van der Waals surface area contributed by atoms with Gasteiger partial charge in [0.2, 0.25) is 0 Å². The topological polar surface area (TPSA) is 46.5 Å². The minimum absolute atomic E-state index is 0.142. The van der Waals surface area contributed by atoms with E-state index in [1.54, 1.807) is 6.92 Å². The predicted octanol–water partition coefficient (Wildman–Crippen LogP) is 5.48. The van der Waals surface area contributed by atoms with Gasteiger partial charge < -0.3 is 9.84 Å². The molecule has 1 N–H and O–H groups in total. The first-order valence-electron chi connectivity index (χ1n) is 9.70. The summed E-state index contributed by atoms with van der Waals surface area (Å²) >= 11 is 0. The number of aryl methyl sites for hydroxylation is 1. The Morgan fingerprint density at radius 2 is 1.55 bits per heavy atom. The Balaban J connectivity index is 1.97. The molecule has 0 aliphatic heterocycles. The van der Waals surface area contributed by atoms with Gasteiger partial charge in [0.1, 0.15) is 6.61 Å². The van der Waals surface area contributed by atoms with Crippen molar-refractivity contribution in [3.8, 4) is 22.3 Å². The Hall–Kier alpha value is -3.17. The van der Waals surface area contributed by atoms with Crippen molar-refractivity contribution in [1.29, 1.82) is 0 Å². The van der Waals surface area contributed by atoms with Crippen LogP contribution in [0.4, 0.5) is 0 Å². The summed E-state index contributed by atoms with van der Waals surface area (Å²) in [7, 11) is 0. The standard InChI is InChI=1S/C26H26O3/c1-18(2)26(28)29-17-24-16-23(21-10-6-20(7-11-21)14-15-27)12-13-25(24)22-8-4-19(3)5-9-22/h4-13,16,27H,1,14-15,17H2,2-3H3. The summed E-state index contributed by atoms with van der Waals surface area (Å²) in [6, 6.07) is 22.7. The largest absolute Gasteiger partial charge is 0.457 e. The fraction of sp³-hybridized carbons (Fsp3) is 0.192. The number of carbonyl (C=O) groups excluding carboxylic acids is 1. The Labute approximate surface area is 172 Å². The van der Waals surface area contributed by atoms with Crippen molar-refractivity contribution >= 4 is 5.97 Å². The second kappa shape index (κ2) is 9.35. The van der Waals surface area contributed by atoms with E-state index in [0.29, 0.717) is 12.0 Å². The SMILES string of the molecule is C=C(C)C(=O)OCc1cc(-c2ccc(CCO)cc2)ccc1-c1ccc(C)cc1. The summed E-state index contributed by atoms with van der Waals surface area (Å²) in [5, 5.41) is 9.09. The lowest BCUT2D eigenvalue weighted by Gasteiger charge is -2.14. The van der Waals surface area contributed by atoms with E-state index in [1.165, 1.54) is 5.56 Å². The van der Waals surface area contributed by atoms with E-state index in [9.17, 15) is 4.79 Å². The molecule has 3 heteroatoms. The average molecular weight is 386 g/mol. The van der Waals surface area contributed by atoms with Crippen molar-refractivity contribution in [2.24, 2.45) is 0 Å². The van der Waals surface area contributed by atoms with Gasteiger partial charge in [-0.2, -0.15) is 0 Å². The average Bonchev–Trinajstić information content (AvgIpc) is 2.73. The molecule has 0 aliphatic rings. The lowest BCUT2D eigenvalue weighted by atomic mass is 9.94. The fourth-order valence-corrected chi connectivity index (χ4v) is 3.17. The maximum Gasteiger partial charge on any atom is 0.333 e. The fourth-order valence-electron chi connectivity index (χ4n) is 3.17. The van der Waals surface area contributed by atoms with Crippen molar-refractivity contribution in [2.75, 3.05) is 6.61 Å². The van der Waals surface area contributed by atoms with Crippen molar-refractivity contribution in [3.05, 3.63) is 95.6 Å². The van der Waals surface area contributed by atoms with Crippen LogP contribution in [0.15, 0.2) is 78.9 Å². The highest BCUT2D eigenvalue weighted by Gasteiger charge is 2.11. The normalized spacial score (nSPS) is 10.6. The van der Waals surface area contributed by atoms with Crippen molar-refractivity contribution < 1.29 is 14.6 Å². The molecule has 0 unspecified atom stereocenters. The molecule has 0 amide bonds. The van der Waals surface area contributed by atoms with Gasteiger partial charge >= 0.3 is 5.97 Å². The zero-order chi connectivity index (χ0) is 20.8. The molecule has 0 spiro atoms. The lowest BCUT2D eigenvalue weighted by Crippen LogP contribution is -2.06. The zero-order valence-corrected chi connectivity index (χ0v) is 16.9. The first-order valence-corrected chi connectivity index (χ1v) is 9.70. The van der Waals surface area contributed by atoms with E-state index in [1.807, 2.05) is 12.1 Å². The Kier molecular flexibility index (Phi) is 6.63. The summed E-state index contributed by atoms with van der Waals surface area (Å²) in [4.78, 5) is 11.9. The molecule has 0 aromatic heterocycles. The van der Waals surface area contributed by atoms with Crippen LogP contribution in [0.1, 0.15) is 23.6 Å². The van der Waals surface area contributed by atoms with Gasteiger partial charge in [-0.15, -0.1) is 0 Å². The van der Waals surface area contributed by atoms with Crippen LogP contribution >= 0.6 is 0 Å². The Morgan fingerprint density at radius 1 is 0.931 bits per heavy atom. The first kappa shape index (κ1) is 20.6. The molecule has 0 atom stereocenters.